The zero-order valence-corrected chi connectivity index (χ0v) is 10.7. The first-order valence-electron chi connectivity index (χ1n) is 5.51. The van der Waals surface area contributed by atoms with Crippen LogP contribution in [0.3, 0.4) is 0 Å². The van der Waals surface area contributed by atoms with Gasteiger partial charge in [0.25, 0.3) is 5.88 Å². The molecule has 20 heavy (non-hydrogen) atoms. The van der Waals surface area contributed by atoms with Gasteiger partial charge >= 0.3 is 5.00 Å². The summed E-state index contributed by atoms with van der Waals surface area (Å²) in [6.45, 7) is 0. The Labute approximate surface area is 116 Å². The Balaban J connectivity index is 1.77. The second-order valence-corrected chi connectivity index (χ2v) is 4.81. The van der Waals surface area contributed by atoms with Crippen LogP contribution in [0.25, 0.3) is 11.5 Å². The molecule has 0 saturated carbocycles. The molecular formula is C12H7N3O4S. The van der Waals surface area contributed by atoms with Gasteiger partial charge in [0.05, 0.1) is 16.1 Å². The number of aliphatic imine (C=N–C) groups is 1. The van der Waals surface area contributed by atoms with E-state index in [1.54, 1.807) is 24.3 Å². The number of nitro groups is 1. The van der Waals surface area contributed by atoms with Gasteiger partial charge in [-0.05, 0) is 18.2 Å². The molecule has 0 fully saturated rings. The highest BCUT2D eigenvalue weighted by molar-refractivity contribution is 7.16. The molecule has 3 aromatic heterocycles. The van der Waals surface area contributed by atoms with Gasteiger partial charge in [0.1, 0.15) is 0 Å². The standard InChI is InChI=1S/C12H7N3O4S/c16-15(17)12-4-3-8(20-12)7-13-11-6-9(14-19-11)10-2-1-5-18-10/h1-7H. The first-order chi connectivity index (χ1) is 9.72. The summed E-state index contributed by atoms with van der Waals surface area (Å²) in [5.74, 6) is 0.884. The number of furan rings is 1. The van der Waals surface area contributed by atoms with Crippen molar-refractivity contribution in [1.29, 1.82) is 0 Å². The fourth-order valence-electron chi connectivity index (χ4n) is 1.50. The molecule has 0 bridgehead atoms. The lowest BCUT2D eigenvalue weighted by atomic mass is 10.3. The smallest absolute Gasteiger partial charge is 0.324 e. The Morgan fingerprint density at radius 2 is 2.30 bits per heavy atom. The van der Waals surface area contributed by atoms with Crippen molar-refractivity contribution in [1.82, 2.24) is 5.16 Å². The second kappa shape index (κ2) is 5.10. The van der Waals surface area contributed by atoms with Crippen molar-refractivity contribution < 1.29 is 13.9 Å². The summed E-state index contributed by atoms with van der Waals surface area (Å²) in [6, 6.07) is 8.18. The molecule has 0 atom stereocenters. The van der Waals surface area contributed by atoms with E-state index < -0.39 is 4.92 Å². The van der Waals surface area contributed by atoms with Crippen molar-refractivity contribution in [3.8, 4) is 11.5 Å². The molecule has 0 radical (unpaired) electrons. The average molecular weight is 289 g/mol. The van der Waals surface area contributed by atoms with Crippen molar-refractivity contribution in [3.05, 3.63) is 51.6 Å². The van der Waals surface area contributed by atoms with Crippen LogP contribution >= 0.6 is 11.3 Å². The van der Waals surface area contributed by atoms with Gasteiger partial charge in [0, 0.05) is 18.3 Å². The molecule has 0 saturated heterocycles. The maximum atomic E-state index is 10.6. The van der Waals surface area contributed by atoms with Crippen LogP contribution < -0.4 is 0 Å². The highest BCUT2D eigenvalue weighted by Crippen LogP contribution is 2.25. The third-order valence-electron chi connectivity index (χ3n) is 2.38. The van der Waals surface area contributed by atoms with Gasteiger partial charge < -0.3 is 8.94 Å². The lowest BCUT2D eigenvalue weighted by Crippen LogP contribution is -1.80. The van der Waals surface area contributed by atoms with Crippen LogP contribution in [0.4, 0.5) is 10.9 Å². The van der Waals surface area contributed by atoms with Crippen LogP contribution in [0.2, 0.25) is 0 Å². The molecule has 8 heteroatoms. The topological polar surface area (TPSA) is 94.7 Å². The van der Waals surface area contributed by atoms with Crippen molar-refractivity contribution in [3.63, 3.8) is 0 Å². The minimum Gasteiger partial charge on any atom is -0.463 e. The third-order valence-corrected chi connectivity index (χ3v) is 3.35. The number of hydrogen-bond donors (Lipinski definition) is 0. The average Bonchev–Trinajstić information content (AvgIpc) is 3.17. The van der Waals surface area contributed by atoms with Crippen LogP contribution in [-0.4, -0.2) is 16.3 Å². The van der Waals surface area contributed by atoms with E-state index in [-0.39, 0.29) is 5.00 Å². The van der Waals surface area contributed by atoms with Gasteiger partial charge in [-0.3, -0.25) is 10.1 Å². The van der Waals surface area contributed by atoms with E-state index in [1.807, 2.05) is 0 Å². The van der Waals surface area contributed by atoms with Gasteiger partial charge in [-0.1, -0.05) is 16.5 Å². The summed E-state index contributed by atoms with van der Waals surface area (Å²) < 4.78 is 10.2. The summed E-state index contributed by atoms with van der Waals surface area (Å²) in [5.41, 5.74) is 0.541. The molecule has 0 N–H and O–H groups in total. The number of rotatable bonds is 4. The van der Waals surface area contributed by atoms with Gasteiger partial charge in [-0.2, -0.15) is 0 Å². The molecule has 0 spiro atoms. The normalized spacial score (nSPS) is 11.2. The summed E-state index contributed by atoms with van der Waals surface area (Å²) in [4.78, 5) is 14.8. The maximum absolute atomic E-state index is 10.6. The van der Waals surface area contributed by atoms with Crippen LogP contribution in [0.1, 0.15) is 4.88 Å². The van der Waals surface area contributed by atoms with E-state index in [0.717, 1.165) is 11.3 Å². The van der Waals surface area contributed by atoms with E-state index in [4.69, 9.17) is 8.94 Å². The van der Waals surface area contributed by atoms with Crippen LogP contribution in [-0.2, 0) is 0 Å². The summed E-state index contributed by atoms with van der Waals surface area (Å²) in [6.07, 6.45) is 3.03. The summed E-state index contributed by atoms with van der Waals surface area (Å²) >= 11 is 1.04. The molecule has 0 unspecified atom stereocenters. The van der Waals surface area contributed by atoms with Crippen LogP contribution in [0.5, 0.6) is 0 Å². The predicted molar refractivity (Wildman–Crippen MR) is 72.4 cm³/mol. The number of hydrogen-bond acceptors (Lipinski definition) is 7. The van der Waals surface area contributed by atoms with E-state index >= 15 is 0 Å². The highest BCUT2D eigenvalue weighted by Gasteiger charge is 2.09. The van der Waals surface area contributed by atoms with Gasteiger partial charge in [0.15, 0.2) is 11.5 Å². The third kappa shape index (κ3) is 2.50. The van der Waals surface area contributed by atoms with Gasteiger partial charge in [-0.15, -0.1) is 0 Å². The molecule has 0 aliphatic rings. The Kier molecular flexibility index (Phi) is 3.13. The Hall–Kier alpha value is -2.74. The summed E-state index contributed by atoms with van der Waals surface area (Å²) in [7, 11) is 0. The van der Waals surface area contributed by atoms with Crippen molar-refractivity contribution in [2.45, 2.75) is 0 Å². The lowest BCUT2D eigenvalue weighted by molar-refractivity contribution is -0.380. The molecule has 100 valence electrons. The number of thiophene rings is 1. The molecule has 3 rings (SSSR count). The number of aromatic nitrogens is 1. The summed E-state index contributed by atoms with van der Waals surface area (Å²) in [5, 5.41) is 14.4. The van der Waals surface area contributed by atoms with E-state index in [2.05, 4.69) is 10.1 Å². The first kappa shape index (κ1) is 12.3. The fraction of sp³-hybridized carbons (Fsp3) is 0. The zero-order valence-electron chi connectivity index (χ0n) is 9.92. The molecule has 3 heterocycles. The second-order valence-electron chi connectivity index (χ2n) is 3.72. The maximum Gasteiger partial charge on any atom is 0.324 e. The zero-order chi connectivity index (χ0) is 13.9. The SMILES string of the molecule is O=[N+]([O-])c1ccc(C=Nc2cc(-c3ccco3)no2)s1. The number of nitrogens with zero attached hydrogens (tertiary/aromatic N) is 3. The van der Waals surface area contributed by atoms with Crippen molar-refractivity contribution in [2.24, 2.45) is 4.99 Å². The highest BCUT2D eigenvalue weighted by atomic mass is 32.1. The lowest BCUT2D eigenvalue weighted by Gasteiger charge is -1.83. The van der Waals surface area contributed by atoms with Crippen LogP contribution in [0, 0.1) is 10.1 Å². The Bertz CT molecular complexity index is 757. The monoisotopic (exact) mass is 289 g/mol. The van der Waals surface area contributed by atoms with Crippen LogP contribution in [0.15, 0.2) is 50.5 Å². The molecule has 7 nitrogen and oxygen atoms in total. The fourth-order valence-corrected chi connectivity index (χ4v) is 2.20. The van der Waals surface area contributed by atoms with E-state index in [9.17, 15) is 10.1 Å². The van der Waals surface area contributed by atoms with Gasteiger partial charge in [0.2, 0.25) is 0 Å². The van der Waals surface area contributed by atoms with Gasteiger partial charge in [-0.25, -0.2) is 4.99 Å². The molecular weight excluding hydrogens is 282 g/mol. The van der Waals surface area contributed by atoms with E-state index in [1.165, 1.54) is 18.5 Å². The predicted octanol–water partition coefficient (Wildman–Crippen LogP) is 3.65. The minimum absolute atomic E-state index is 0.0697. The molecule has 3 aromatic rings. The largest absolute Gasteiger partial charge is 0.463 e. The molecule has 0 aromatic carbocycles. The minimum atomic E-state index is -0.439. The van der Waals surface area contributed by atoms with Crippen molar-refractivity contribution >= 4 is 28.4 Å². The molecule has 0 amide bonds. The quantitative estimate of drug-likeness (QED) is 0.415. The Morgan fingerprint density at radius 3 is 3.00 bits per heavy atom. The van der Waals surface area contributed by atoms with Crippen molar-refractivity contribution in [2.75, 3.05) is 0 Å². The van der Waals surface area contributed by atoms with E-state index in [0.29, 0.717) is 22.2 Å². The molecule has 0 aliphatic heterocycles. The molecule has 0 aliphatic carbocycles. The Morgan fingerprint density at radius 1 is 1.40 bits per heavy atom. The first-order valence-corrected chi connectivity index (χ1v) is 6.33.